The normalized spacial score (nSPS) is 11.3. The molecule has 5 nitrogen and oxygen atoms in total. The van der Waals surface area contributed by atoms with Crippen LogP contribution in [0.4, 0.5) is 8.78 Å². The zero-order valence-corrected chi connectivity index (χ0v) is 13.4. The first-order valence-corrected chi connectivity index (χ1v) is 7.94. The van der Waals surface area contributed by atoms with E-state index in [0.717, 1.165) is 26.4 Å². The van der Waals surface area contributed by atoms with E-state index < -0.39 is 6.55 Å². The van der Waals surface area contributed by atoms with Crippen molar-refractivity contribution in [1.29, 1.82) is 0 Å². The van der Waals surface area contributed by atoms with Gasteiger partial charge >= 0.3 is 6.55 Å². The van der Waals surface area contributed by atoms with Gasteiger partial charge in [-0.3, -0.25) is 4.57 Å². The molecule has 0 aliphatic carbocycles. The maximum Gasteiger partial charge on any atom is 0.319 e. The monoisotopic (exact) mass is 386 g/mol. The predicted molar refractivity (Wildman–Crippen MR) is 80.5 cm³/mol. The standard InChI is InChI=1S/C13H9BrF2N4OS/c14-9-4-2-1-3-8(9)11-18-19-13(21-11)22-7-10-17-5-6-20(10)12(15)16/h1-6,12H,7H2. The van der Waals surface area contributed by atoms with Gasteiger partial charge in [0.05, 0.1) is 11.3 Å². The Morgan fingerprint density at radius 2 is 2.09 bits per heavy atom. The second-order valence-electron chi connectivity index (χ2n) is 4.17. The topological polar surface area (TPSA) is 56.7 Å². The minimum atomic E-state index is -2.61. The van der Waals surface area contributed by atoms with Crippen molar-refractivity contribution >= 4 is 27.7 Å². The zero-order valence-electron chi connectivity index (χ0n) is 11.0. The molecule has 0 saturated carbocycles. The van der Waals surface area contributed by atoms with Gasteiger partial charge in [0.1, 0.15) is 5.82 Å². The number of thioether (sulfide) groups is 1. The second kappa shape index (κ2) is 6.57. The van der Waals surface area contributed by atoms with E-state index in [4.69, 9.17) is 4.42 Å². The number of alkyl halides is 2. The number of benzene rings is 1. The van der Waals surface area contributed by atoms with Gasteiger partial charge in [0.15, 0.2) is 0 Å². The fourth-order valence-corrected chi connectivity index (χ4v) is 2.94. The quantitative estimate of drug-likeness (QED) is 0.608. The van der Waals surface area contributed by atoms with Gasteiger partial charge in [-0.2, -0.15) is 8.78 Å². The molecule has 0 fully saturated rings. The maximum atomic E-state index is 12.7. The zero-order chi connectivity index (χ0) is 15.5. The van der Waals surface area contributed by atoms with E-state index in [-0.39, 0.29) is 11.6 Å². The number of nitrogens with zero attached hydrogens (tertiary/aromatic N) is 4. The molecule has 9 heteroatoms. The number of hydrogen-bond acceptors (Lipinski definition) is 5. The highest BCUT2D eigenvalue weighted by atomic mass is 79.9. The molecule has 0 atom stereocenters. The first-order valence-electron chi connectivity index (χ1n) is 6.16. The Kier molecular flexibility index (Phi) is 4.53. The molecule has 22 heavy (non-hydrogen) atoms. The van der Waals surface area contributed by atoms with Crippen LogP contribution in [-0.2, 0) is 5.75 Å². The Bertz CT molecular complexity index is 777. The summed E-state index contributed by atoms with van der Waals surface area (Å²) < 4.78 is 32.6. The maximum absolute atomic E-state index is 12.7. The molecule has 0 aliphatic heterocycles. The summed E-state index contributed by atoms with van der Waals surface area (Å²) in [4.78, 5) is 3.90. The molecule has 3 aromatic rings. The van der Waals surface area contributed by atoms with Crippen molar-refractivity contribution < 1.29 is 13.2 Å². The number of rotatable bonds is 5. The predicted octanol–water partition coefficient (Wildman–Crippen LogP) is 4.38. The molecule has 0 saturated heterocycles. The molecule has 0 bridgehead atoms. The van der Waals surface area contributed by atoms with Gasteiger partial charge in [0, 0.05) is 16.9 Å². The molecule has 2 aromatic heterocycles. The number of imidazole rings is 1. The van der Waals surface area contributed by atoms with Gasteiger partial charge in [0.25, 0.3) is 5.22 Å². The lowest BCUT2D eigenvalue weighted by atomic mass is 10.2. The van der Waals surface area contributed by atoms with Crippen molar-refractivity contribution in [3.05, 3.63) is 47.0 Å². The molecule has 2 heterocycles. The van der Waals surface area contributed by atoms with E-state index in [9.17, 15) is 8.78 Å². The highest BCUT2D eigenvalue weighted by molar-refractivity contribution is 9.10. The first kappa shape index (κ1) is 15.2. The highest BCUT2D eigenvalue weighted by Crippen LogP contribution is 2.30. The number of halogens is 3. The van der Waals surface area contributed by atoms with Crippen LogP contribution in [0.3, 0.4) is 0 Å². The summed E-state index contributed by atoms with van der Waals surface area (Å²) in [7, 11) is 0. The molecule has 0 radical (unpaired) electrons. The Hall–Kier alpha value is -1.74. The van der Waals surface area contributed by atoms with Gasteiger partial charge in [0.2, 0.25) is 5.89 Å². The smallest absolute Gasteiger partial charge is 0.319 e. The molecule has 0 spiro atoms. The average Bonchev–Trinajstić information content (AvgIpc) is 3.14. The van der Waals surface area contributed by atoms with Crippen molar-refractivity contribution in [2.45, 2.75) is 17.5 Å². The van der Waals surface area contributed by atoms with E-state index in [0.29, 0.717) is 11.1 Å². The van der Waals surface area contributed by atoms with Crippen LogP contribution in [0.25, 0.3) is 11.5 Å². The summed E-state index contributed by atoms with van der Waals surface area (Å²) >= 11 is 4.57. The summed E-state index contributed by atoms with van der Waals surface area (Å²) in [6.45, 7) is -2.61. The Morgan fingerprint density at radius 3 is 2.86 bits per heavy atom. The number of aromatic nitrogens is 4. The van der Waals surface area contributed by atoms with Crippen LogP contribution in [0, 0.1) is 0 Å². The van der Waals surface area contributed by atoms with E-state index in [1.807, 2.05) is 24.3 Å². The summed E-state index contributed by atoms with van der Waals surface area (Å²) in [5.41, 5.74) is 0.774. The molecule has 114 valence electrons. The fraction of sp³-hybridized carbons (Fsp3) is 0.154. The van der Waals surface area contributed by atoms with Crippen LogP contribution in [0.15, 0.2) is 50.8 Å². The minimum Gasteiger partial charge on any atom is -0.411 e. The van der Waals surface area contributed by atoms with Gasteiger partial charge in [-0.05, 0) is 28.1 Å². The van der Waals surface area contributed by atoms with Crippen molar-refractivity contribution in [3.63, 3.8) is 0 Å². The van der Waals surface area contributed by atoms with Crippen molar-refractivity contribution in [1.82, 2.24) is 19.7 Å². The van der Waals surface area contributed by atoms with Crippen LogP contribution in [0.1, 0.15) is 12.4 Å². The first-order chi connectivity index (χ1) is 10.6. The van der Waals surface area contributed by atoms with E-state index in [2.05, 4.69) is 31.1 Å². The molecular weight excluding hydrogens is 378 g/mol. The Morgan fingerprint density at radius 1 is 1.27 bits per heavy atom. The fourth-order valence-electron chi connectivity index (χ4n) is 1.77. The lowest BCUT2D eigenvalue weighted by Gasteiger charge is -2.04. The summed E-state index contributed by atoms with van der Waals surface area (Å²) in [6, 6.07) is 7.45. The van der Waals surface area contributed by atoms with E-state index in [1.165, 1.54) is 12.4 Å². The number of hydrogen-bond donors (Lipinski definition) is 0. The van der Waals surface area contributed by atoms with E-state index >= 15 is 0 Å². The lowest BCUT2D eigenvalue weighted by molar-refractivity contribution is 0.0678. The van der Waals surface area contributed by atoms with Crippen LogP contribution >= 0.6 is 27.7 Å². The van der Waals surface area contributed by atoms with E-state index in [1.54, 1.807) is 0 Å². The van der Waals surface area contributed by atoms with Crippen molar-refractivity contribution in [2.24, 2.45) is 0 Å². The summed E-state index contributed by atoms with van der Waals surface area (Å²) in [5.74, 6) is 0.836. The van der Waals surface area contributed by atoms with Gasteiger partial charge < -0.3 is 4.42 Å². The van der Waals surface area contributed by atoms with Crippen molar-refractivity contribution in [3.8, 4) is 11.5 Å². The molecule has 1 aromatic carbocycles. The minimum absolute atomic E-state index is 0.217. The largest absolute Gasteiger partial charge is 0.411 e. The van der Waals surface area contributed by atoms with Crippen LogP contribution in [0.5, 0.6) is 0 Å². The molecule has 0 amide bonds. The second-order valence-corrected chi connectivity index (χ2v) is 5.95. The van der Waals surface area contributed by atoms with Gasteiger partial charge in [-0.25, -0.2) is 4.98 Å². The molecule has 0 N–H and O–H groups in total. The Labute approximate surface area is 136 Å². The van der Waals surface area contributed by atoms with Gasteiger partial charge in [-0.1, -0.05) is 23.9 Å². The molecule has 3 rings (SSSR count). The summed E-state index contributed by atoms with van der Waals surface area (Å²) in [5, 5.41) is 8.17. The third-order valence-corrected chi connectivity index (χ3v) is 4.30. The molecule has 0 aliphatic rings. The summed E-state index contributed by atoms with van der Waals surface area (Å²) in [6.07, 6.45) is 2.57. The molecule has 0 unspecified atom stereocenters. The third kappa shape index (κ3) is 3.20. The van der Waals surface area contributed by atoms with Crippen molar-refractivity contribution in [2.75, 3.05) is 0 Å². The lowest BCUT2D eigenvalue weighted by Crippen LogP contribution is -2.01. The highest BCUT2D eigenvalue weighted by Gasteiger charge is 2.15. The Balaban J connectivity index is 1.73. The average molecular weight is 387 g/mol. The SMILES string of the molecule is FC(F)n1ccnc1CSc1nnc(-c2ccccc2Br)o1. The van der Waals surface area contributed by atoms with Crippen LogP contribution in [0.2, 0.25) is 0 Å². The third-order valence-electron chi connectivity index (χ3n) is 2.79. The van der Waals surface area contributed by atoms with Crippen LogP contribution in [-0.4, -0.2) is 19.7 Å². The van der Waals surface area contributed by atoms with Gasteiger partial charge in [-0.15, -0.1) is 10.2 Å². The molecular formula is C13H9BrF2N4OS. The van der Waals surface area contributed by atoms with Crippen LogP contribution < -0.4 is 0 Å².